The smallest absolute Gasteiger partial charge is 0.259 e. The minimum Gasteiger partial charge on any atom is -0.496 e. The van der Waals surface area contributed by atoms with Gasteiger partial charge in [-0.2, -0.15) is 0 Å². The van der Waals surface area contributed by atoms with Crippen molar-refractivity contribution in [3.05, 3.63) is 53.6 Å². The van der Waals surface area contributed by atoms with Gasteiger partial charge < -0.3 is 25.0 Å². The molecule has 2 fully saturated rings. The third-order valence-electron chi connectivity index (χ3n) is 5.81. The molecule has 4 rings (SSSR count). The van der Waals surface area contributed by atoms with E-state index in [-0.39, 0.29) is 17.9 Å². The zero-order chi connectivity index (χ0) is 21.6. The van der Waals surface area contributed by atoms with E-state index in [0.717, 1.165) is 51.1 Å². The summed E-state index contributed by atoms with van der Waals surface area (Å²) in [4.78, 5) is 28.1. The Bertz CT molecular complexity index is 934. The second-order valence-corrected chi connectivity index (χ2v) is 7.93. The number of anilines is 2. The number of hydrogen-bond acceptors (Lipinski definition) is 5. The number of carbonyl (C=O) groups is 2. The van der Waals surface area contributed by atoms with Gasteiger partial charge in [0.25, 0.3) is 11.8 Å². The number of rotatable bonds is 7. The Morgan fingerprint density at radius 1 is 1.06 bits per heavy atom. The average Bonchev–Trinajstić information content (AvgIpc) is 3.51. The van der Waals surface area contributed by atoms with Crippen molar-refractivity contribution in [3.63, 3.8) is 0 Å². The summed E-state index contributed by atoms with van der Waals surface area (Å²) in [7, 11) is 1.54. The van der Waals surface area contributed by atoms with E-state index < -0.39 is 0 Å². The first-order valence-corrected chi connectivity index (χ1v) is 10.9. The van der Waals surface area contributed by atoms with Crippen LogP contribution in [0.5, 0.6) is 5.75 Å². The molecule has 7 heteroatoms. The van der Waals surface area contributed by atoms with E-state index in [0.29, 0.717) is 29.1 Å². The summed E-state index contributed by atoms with van der Waals surface area (Å²) in [5.74, 6) is 0.0751. The molecule has 0 saturated carbocycles. The van der Waals surface area contributed by atoms with Crippen LogP contribution in [-0.2, 0) is 4.74 Å². The van der Waals surface area contributed by atoms with Gasteiger partial charge in [0.05, 0.1) is 24.3 Å². The predicted octanol–water partition coefficient (Wildman–Crippen LogP) is 3.46. The summed E-state index contributed by atoms with van der Waals surface area (Å²) < 4.78 is 10.9. The number of amides is 2. The first-order valence-electron chi connectivity index (χ1n) is 10.9. The number of benzene rings is 2. The zero-order valence-corrected chi connectivity index (χ0v) is 17.9. The Morgan fingerprint density at radius 2 is 1.87 bits per heavy atom. The first-order chi connectivity index (χ1) is 15.2. The van der Waals surface area contributed by atoms with E-state index in [1.807, 2.05) is 18.2 Å². The van der Waals surface area contributed by atoms with Crippen molar-refractivity contribution in [2.45, 2.75) is 31.8 Å². The molecule has 2 N–H and O–H groups in total. The fraction of sp³-hybridized carbons (Fsp3) is 0.417. The second-order valence-electron chi connectivity index (χ2n) is 7.93. The summed E-state index contributed by atoms with van der Waals surface area (Å²) >= 11 is 0. The van der Waals surface area contributed by atoms with Crippen LogP contribution in [0.2, 0.25) is 0 Å². The number of para-hydroxylation sites is 1. The van der Waals surface area contributed by atoms with Crippen molar-refractivity contribution >= 4 is 23.2 Å². The van der Waals surface area contributed by atoms with E-state index in [1.165, 1.54) is 7.11 Å². The zero-order valence-electron chi connectivity index (χ0n) is 17.9. The molecule has 0 unspecified atom stereocenters. The minimum atomic E-state index is -0.280. The van der Waals surface area contributed by atoms with Crippen LogP contribution in [0.25, 0.3) is 0 Å². The third-order valence-corrected chi connectivity index (χ3v) is 5.81. The maximum absolute atomic E-state index is 13.1. The molecule has 164 valence electrons. The molecular weight excluding hydrogens is 394 g/mol. The highest BCUT2D eigenvalue weighted by Crippen LogP contribution is 2.28. The van der Waals surface area contributed by atoms with E-state index in [9.17, 15) is 9.59 Å². The molecule has 0 radical (unpaired) electrons. The Morgan fingerprint density at radius 3 is 2.61 bits per heavy atom. The van der Waals surface area contributed by atoms with Crippen LogP contribution in [0.15, 0.2) is 42.5 Å². The lowest BCUT2D eigenvalue weighted by atomic mass is 10.1. The number of hydrogen-bond donors (Lipinski definition) is 2. The van der Waals surface area contributed by atoms with Crippen LogP contribution < -0.4 is 20.3 Å². The molecule has 2 aromatic carbocycles. The van der Waals surface area contributed by atoms with Gasteiger partial charge in [-0.15, -0.1) is 0 Å². The van der Waals surface area contributed by atoms with Gasteiger partial charge in [-0.1, -0.05) is 12.1 Å². The van der Waals surface area contributed by atoms with E-state index in [1.54, 1.807) is 24.3 Å². The van der Waals surface area contributed by atoms with Crippen molar-refractivity contribution in [2.75, 3.05) is 43.6 Å². The minimum absolute atomic E-state index is 0.0765. The molecule has 0 aromatic heterocycles. The highest BCUT2D eigenvalue weighted by Gasteiger charge is 2.22. The molecule has 31 heavy (non-hydrogen) atoms. The monoisotopic (exact) mass is 423 g/mol. The Kier molecular flexibility index (Phi) is 6.72. The number of nitrogens with one attached hydrogen (secondary N) is 2. The summed E-state index contributed by atoms with van der Waals surface area (Å²) in [6.07, 6.45) is 4.30. The maximum atomic E-state index is 13.1. The van der Waals surface area contributed by atoms with Gasteiger partial charge in [0.1, 0.15) is 5.75 Å². The van der Waals surface area contributed by atoms with Crippen LogP contribution in [0.3, 0.4) is 0 Å². The molecule has 2 saturated heterocycles. The Labute approximate surface area is 182 Å². The summed E-state index contributed by atoms with van der Waals surface area (Å²) in [5.41, 5.74) is 2.48. The number of nitrogens with zero attached hydrogens (tertiary/aromatic N) is 1. The van der Waals surface area contributed by atoms with E-state index in [4.69, 9.17) is 9.47 Å². The average molecular weight is 424 g/mol. The topological polar surface area (TPSA) is 79.9 Å². The van der Waals surface area contributed by atoms with E-state index >= 15 is 0 Å². The number of carbonyl (C=O) groups excluding carboxylic acids is 2. The predicted molar refractivity (Wildman–Crippen MR) is 120 cm³/mol. The van der Waals surface area contributed by atoms with Crippen LogP contribution >= 0.6 is 0 Å². The number of methoxy groups -OCH3 is 1. The van der Waals surface area contributed by atoms with Crippen molar-refractivity contribution < 1.29 is 19.1 Å². The van der Waals surface area contributed by atoms with Gasteiger partial charge in [-0.3, -0.25) is 9.59 Å². The van der Waals surface area contributed by atoms with Crippen molar-refractivity contribution in [1.29, 1.82) is 0 Å². The molecular formula is C24H29N3O4. The third kappa shape index (κ3) is 4.99. The van der Waals surface area contributed by atoms with Crippen molar-refractivity contribution in [2.24, 2.45) is 0 Å². The lowest BCUT2D eigenvalue weighted by Gasteiger charge is -2.22. The molecule has 0 aliphatic carbocycles. The molecule has 2 aliphatic heterocycles. The highest BCUT2D eigenvalue weighted by atomic mass is 16.5. The lowest BCUT2D eigenvalue weighted by molar-refractivity contribution is 0.0858. The SMILES string of the molecule is COc1ccccc1C(=O)Nc1ccc(N2CCCC2)c(C(=O)NC[C@H]2CCCO2)c1. The maximum Gasteiger partial charge on any atom is 0.259 e. The fourth-order valence-electron chi connectivity index (χ4n) is 4.17. The molecule has 7 nitrogen and oxygen atoms in total. The molecule has 2 aromatic rings. The first kappa shape index (κ1) is 21.2. The van der Waals surface area contributed by atoms with Crippen LogP contribution in [0.4, 0.5) is 11.4 Å². The van der Waals surface area contributed by atoms with Gasteiger partial charge in [-0.25, -0.2) is 0 Å². The van der Waals surface area contributed by atoms with Crippen LogP contribution in [-0.4, -0.2) is 51.3 Å². The Hall–Kier alpha value is -3.06. The van der Waals surface area contributed by atoms with Gasteiger partial charge in [0.15, 0.2) is 0 Å². The second kappa shape index (κ2) is 9.83. The molecule has 0 bridgehead atoms. The van der Waals surface area contributed by atoms with Crippen LogP contribution in [0.1, 0.15) is 46.4 Å². The van der Waals surface area contributed by atoms with Gasteiger partial charge >= 0.3 is 0 Å². The Balaban J connectivity index is 1.55. The highest BCUT2D eigenvalue weighted by molar-refractivity contribution is 6.07. The van der Waals surface area contributed by atoms with Crippen molar-refractivity contribution in [1.82, 2.24) is 5.32 Å². The van der Waals surface area contributed by atoms with Crippen molar-refractivity contribution in [3.8, 4) is 5.75 Å². The van der Waals surface area contributed by atoms with Gasteiger partial charge in [-0.05, 0) is 56.0 Å². The summed E-state index contributed by atoms with van der Waals surface area (Å²) in [6.45, 7) is 3.11. The summed E-state index contributed by atoms with van der Waals surface area (Å²) in [5, 5.41) is 5.91. The molecule has 2 heterocycles. The van der Waals surface area contributed by atoms with Crippen LogP contribution in [0, 0.1) is 0 Å². The van der Waals surface area contributed by atoms with Gasteiger partial charge in [0.2, 0.25) is 0 Å². The standard InChI is InChI=1S/C24H29N3O4/c1-30-22-9-3-2-8-19(22)24(29)26-17-10-11-21(27-12-4-5-13-27)20(15-17)23(28)25-16-18-7-6-14-31-18/h2-3,8-11,15,18H,4-7,12-14,16H2,1H3,(H,25,28)(H,26,29)/t18-/m1/s1. The number of ether oxygens (including phenoxy) is 2. The molecule has 0 spiro atoms. The lowest BCUT2D eigenvalue weighted by Crippen LogP contribution is -2.33. The quantitative estimate of drug-likeness (QED) is 0.713. The molecule has 2 aliphatic rings. The summed E-state index contributed by atoms with van der Waals surface area (Å²) in [6, 6.07) is 12.6. The van der Waals surface area contributed by atoms with E-state index in [2.05, 4.69) is 15.5 Å². The molecule has 1 atom stereocenters. The molecule has 2 amide bonds. The fourth-order valence-corrected chi connectivity index (χ4v) is 4.17. The largest absolute Gasteiger partial charge is 0.496 e. The van der Waals surface area contributed by atoms with Gasteiger partial charge in [0, 0.05) is 37.6 Å². The normalized spacial score (nSPS) is 18.1.